The summed E-state index contributed by atoms with van der Waals surface area (Å²) in [6.07, 6.45) is 1.94. The molecule has 1 aromatic carbocycles. The Kier molecular flexibility index (Phi) is 5.61. The summed E-state index contributed by atoms with van der Waals surface area (Å²) in [6, 6.07) is 8.13. The molecule has 5 nitrogen and oxygen atoms in total. The van der Waals surface area contributed by atoms with Crippen LogP contribution in [0.4, 0.5) is 0 Å². The smallest absolute Gasteiger partial charge is 0.253 e. The van der Waals surface area contributed by atoms with Crippen molar-refractivity contribution in [2.45, 2.75) is 18.9 Å². The summed E-state index contributed by atoms with van der Waals surface area (Å²) >= 11 is 1.69. The molecule has 1 N–H and O–H groups in total. The van der Waals surface area contributed by atoms with Gasteiger partial charge in [-0.2, -0.15) is 0 Å². The second kappa shape index (κ2) is 7.72. The van der Waals surface area contributed by atoms with Crippen molar-refractivity contribution < 1.29 is 9.59 Å². The minimum Gasteiger partial charge on any atom is -0.337 e. The third-order valence-electron chi connectivity index (χ3n) is 4.95. The van der Waals surface area contributed by atoms with Crippen molar-refractivity contribution in [1.82, 2.24) is 15.1 Å². The fraction of sp³-hybridized carbons (Fsp3) is 0.444. The average Bonchev–Trinajstić information content (AvgIpc) is 3.09. The molecule has 3 heterocycles. The molecule has 25 heavy (non-hydrogen) atoms. The third kappa shape index (κ3) is 3.66. The molecule has 134 valence electrons. The van der Waals surface area contributed by atoms with Gasteiger partial charge in [0.15, 0.2) is 0 Å². The van der Waals surface area contributed by atoms with Crippen LogP contribution >= 0.6 is 23.7 Å². The Hall–Kier alpha value is -1.63. The van der Waals surface area contributed by atoms with Gasteiger partial charge in [-0.05, 0) is 47.9 Å². The van der Waals surface area contributed by atoms with Crippen LogP contribution in [0.3, 0.4) is 0 Å². The van der Waals surface area contributed by atoms with Gasteiger partial charge in [-0.1, -0.05) is 0 Å². The zero-order valence-corrected chi connectivity index (χ0v) is 15.6. The van der Waals surface area contributed by atoms with E-state index in [1.54, 1.807) is 11.3 Å². The minimum atomic E-state index is 0. The molecule has 1 unspecified atom stereocenters. The molecule has 1 aromatic heterocycles. The van der Waals surface area contributed by atoms with Crippen LogP contribution in [0.5, 0.6) is 0 Å². The molecule has 2 saturated heterocycles. The number of piperidine rings is 1. The number of rotatable bonds is 2. The minimum absolute atomic E-state index is 0. The van der Waals surface area contributed by atoms with E-state index < -0.39 is 0 Å². The van der Waals surface area contributed by atoms with Crippen LogP contribution in [0.25, 0.3) is 10.1 Å². The van der Waals surface area contributed by atoms with Crippen molar-refractivity contribution in [3.8, 4) is 0 Å². The molecular weight excluding hydrogens is 358 g/mol. The molecular formula is C18H22ClN3O2S. The number of piperazine rings is 1. The number of carbonyl (C=O) groups excluding carboxylic acids is 2. The number of nitrogens with one attached hydrogen (secondary N) is 1. The highest BCUT2D eigenvalue weighted by Crippen LogP contribution is 2.24. The van der Waals surface area contributed by atoms with E-state index in [1.807, 2.05) is 33.4 Å². The van der Waals surface area contributed by atoms with E-state index in [4.69, 9.17) is 0 Å². The molecule has 2 aromatic rings. The lowest BCUT2D eigenvalue weighted by Crippen LogP contribution is -2.57. The van der Waals surface area contributed by atoms with Crippen molar-refractivity contribution >= 4 is 45.6 Å². The highest BCUT2D eigenvalue weighted by molar-refractivity contribution is 7.17. The standard InChI is InChI=1S/C18H21N3O2S.ClH/c22-17-11-19-6-8-21(17)15-2-1-7-20(12-15)18(23)14-3-4-16-13(10-14)5-9-24-16;/h3-5,9-10,15,19H,1-2,6-8,11-12H2;1H. The van der Waals surface area contributed by atoms with Gasteiger partial charge in [0.25, 0.3) is 5.91 Å². The number of halogens is 1. The van der Waals surface area contributed by atoms with E-state index in [1.165, 1.54) is 4.70 Å². The lowest BCUT2D eigenvalue weighted by atomic mass is 10.0. The summed E-state index contributed by atoms with van der Waals surface area (Å²) in [7, 11) is 0. The molecule has 0 aliphatic carbocycles. The van der Waals surface area contributed by atoms with Crippen molar-refractivity contribution in [1.29, 1.82) is 0 Å². The van der Waals surface area contributed by atoms with Crippen molar-refractivity contribution in [3.05, 3.63) is 35.2 Å². The zero-order chi connectivity index (χ0) is 16.5. The monoisotopic (exact) mass is 379 g/mol. The van der Waals surface area contributed by atoms with Gasteiger partial charge < -0.3 is 15.1 Å². The first-order valence-corrected chi connectivity index (χ1v) is 9.37. The topological polar surface area (TPSA) is 52.7 Å². The molecule has 7 heteroatoms. The number of amides is 2. The molecule has 2 amide bonds. The van der Waals surface area contributed by atoms with Crippen molar-refractivity contribution in [2.24, 2.45) is 0 Å². The molecule has 2 fully saturated rings. The van der Waals surface area contributed by atoms with Crippen LogP contribution in [0.15, 0.2) is 29.6 Å². The van der Waals surface area contributed by atoms with E-state index in [2.05, 4.69) is 11.4 Å². The van der Waals surface area contributed by atoms with Gasteiger partial charge >= 0.3 is 0 Å². The van der Waals surface area contributed by atoms with E-state index >= 15 is 0 Å². The summed E-state index contributed by atoms with van der Waals surface area (Å²) in [5, 5.41) is 6.28. The van der Waals surface area contributed by atoms with Gasteiger partial charge in [0.1, 0.15) is 0 Å². The maximum Gasteiger partial charge on any atom is 0.253 e. The number of nitrogens with zero attached hydrogens (tertiary/aromatic N) is 2. The number of thiophene rings is 1. The van der Waals surface area contributed by atoms with Crippen LogP contribution < -0.4 is 5.32 Å². The highest BCUT2D eigenvalue weighted by Gasteiger charge is 2.31. The maximum atomic E-state index is 12.9. The fourth-order valence-corrected chi connectivity index (χ4v) is 4.45. The summed E-state index contributed by atoms with van der Waals surface area (Å²) in [5.74, 6) is 0.232. The fourth-order valence-electron chi connectivity index (χ4n) is 3.68. The van der Waals surface area contributed by atoms with E-state index in [0.29, 0.717) is 13.1 Å². The molecule has 0 spiro atoms. The Balaban J connectivity index is 0.00000182. The first-order chi connectivity index (χ1) is 11.7. The molecule has 0 bridgehead atoms. The second-order valence-electron chi connectivity index (χ2n) is 6.48. The van der Waals surface area contributed by atoms with Crippen molar-refractivity contribution in [2.75, 3.05) is 32.7 Å². The van der Waals surface area contributed by atoms with Gasteiger partial charge in [0.05, 0.1) is 6.54 Å². The predicted molar refractivity (Wildman–Crippen MR) is 103 cm³/mol. The normalized spacial score (nSPS) is 21.3. The third-order valence-corrected chi connectivity index (χ3v) is 5.85. The molecule has 4 rings (SSSR count). The molecule has 0 radical (unpaired) electrons. The van der Waals surface area contributed by atoms with E-state index in [0.717, 1.165) is 43.4 Å². The van der Waals surface area contributed by atoms with Gasteiger partial charge in [-0.3, -0.25) is 9.59 Å². The quantitative estimate of drug-likeness (QED) is 0.871. The summed E-state index contributed by atoms with van der Waals surface area (Å²) in [5.41, 5.74) is 0.744. The van der Waals surface area contributed by atoms with Crippen LogP contribution in [0.2, 0.25) is 0 Å². The van der Waals surface area contributed by atoms with Gasteiger partial charge in [-0.25, -0.2) is 0 Å². The number of fused-ring (bicyclic) bond motifs is 1. The van der Waals surface area contributed by atoms with Crippen LogP contribution in [0, 0.1) is 0 Å². The van der Waals surface area contributed by atoms with Crippen molar-refractivity contribution in [3.63, 3.8) is 0 Å². The largest absolute Gasteiger partial charge is 0.337 e. The lowest BCUT2D eigenvalue weighted by Gasteiger charge is -2.41. The summed E-state index contributed by atoms with van der Waals surface area (Å²) in [6.45, 7) is 3.42. The Morgan fingerprint density at radius 3 is 2.96 bits per heavy atom. The molecule has 2 aliphatic heterocycles. The van der Waals surface area contributed by atoms with Crippen LogP contribution in [-0.4, -0.2) is 60.4 Å². The first-order valence-electron chi connectivity index (χ1n) is 8.49. The van der Waals surface area contributed by atoms with Gasteiger partial charge in [-0.15, -0.1) is 23.7 Å². The predicted octanol–water partition coefficient (Wildman–Crippen LogP) is 2.36. The number of likely N-dealkylation sites (tertiary alicyclic amines) is 1. The molecule has 0 saturated carbocycles. The van der Waals surface area contributed by atoms with E-state index in [9.17, 15) is 9.59 Å². The number of benzene rings is 1. The number of carbonyl (C=O) groups is 2. The second-order valence-corrected chi connectivity index (χ2v) is 7.43. The van der Waals surface area contributed by atoms with Gasteiger partial charge in [0.2, 0.25) is 5.91 Å². The molecule has 2 aliphatic rings. The van der Waals surface area contributed by atoms with Crippen LogP contribution in [0.1, 0.15) is 23.2 Å². The SMILES string of the molecule is Cl.O=C(c1ccc2sccc2c1)N1CCCC(N2CCNCC2=O)C1. The average molecular weight is 380 g/mol. The Morgan fingerprint density at radius 2 is 2.12 bits per heavy atom. The Labute approximate surface area is 157 Å². The lowest BCUT2D eigenvalue weighted by molar-refractivity contribution is -0.135. The summed E-state index contributed by atoms with van der Waals surface area (Å²) in [4.78, 5) is 28.9. The van der Waals surface area contributed by atoms with E-state index in [-0.39, 0.29) is 30.3 Å². The highest BCUT2D eigenvalue weighted by atomic mass is 35.5. The zero-order valence-electron chi connectivity index (χ0n) is 13.9. The number of hydrogen-bond donors (Lipinski definition) is 1. The molecule has 1 atom stereocenters. The first kappa shape index (κ1) is 18.2. The number of hydrogen-bond acceptors (Lipinski definition) is 4. The Morgan fingerprint density at radius 1 is 1.24 bits per heavy atom. The van der Waals surface area contributed by atoms with Crippen LogP contribution in [-0.2, 0) is 4.79 Å². The maximum absolute atomic E-state index is 12.9. The van der Waals surface area contributed by atoms with Gasteiger partial charge in [0, 0.05) is 42.5 Å². The summed E-state index contributed by atoms with van der Waals surface area (Å²) < 4.78 is 1.20. The Bertz CT molecular complexity index is 779.